The molecule has 1 aliphatic rings. The Balaban J connectivity index is 2.29. The fourth-order valence-corrected chi connectivity index (χ4v) is 3.91. The van der Waals surface area contributed by atoms with E-state index in [1.54, 1.807) is 12.1 Å². The molecule has 0 saturated heterocycles. The first kappa shape index (κ1) is 15.0. The van der Waals surface area contributed by atoms with Gasteiger partial charge in [0.15, 0.2) is 0 Å². The molecule has 0 aromatic heterocycles. The summed E-state index contributed by atoms with van der Waals surface area (Å²) in [6.45, 7) is 2.26. The van der Waals surface area contributed by atoms with E-state index in [4.69, 9.17) is 0 Å². The summed E-state index contributed by atoms with van der Waals surface area (Å²) in [5.74, 6) is 1.17. The Morgan fingerprint density at radius 1 is 1.37 bits per heavy atom. The zero-order valence-corrected chi connectivity index (χ0v) is 13.3. The third kappa shape index (κ3) is 3.38. The fraction of sp³-hybridized carbons (Fsp3) is 0.625. The van der Waals surface area contributed by atoms with Gasteiger partial charge in [0.1, 0.15) is 5.82 Å². The summed E-state index contributed by atoms with van der Waals surface area (Å²) >= 11 is 3.46. The monoisotopic (exact) mass is 327 g/mol. The smallest absolute Gasteiger partial charge is 0.128 e. The largest absolute Gasteiger partial charge is 0.313 e. The van der Waals surface area contributed by atoms with Crippen LogP contribution in [-0.4, -0.2) is 7.05 Å². The predicted octanol–water partition coefficient (Wildman–Crippen LogP) is 5.07. The van der Waals surface area contributed by atoms with Gasteiger partial charge in [0.05, 0.1) is 0 Å². The molecule has 1 aromatic carbocycles. The van der Waals surface area contributed by atoms with Crippen molar-refractivity contribution < 1.29 is 4.39 Å². The normalized spacial score (nSPS) is 25.3. The molecule has 3 heteroatoms. The number of hydrogen-bond acceptors (Lipinski definition) is 1. The third-order valence-corrected chi connectivity index (χ3v) is 5.02. The van der Waals surface area contributed by atoms with Crippen LogP contribution in [0, 0.1) is 17.7 Å². The van der Waals surface area contributed by atoms with Gasteiger partial charge in [0, 0.05) is 16.1 Å². The van der Waals surface area contributed by atoms with Crippen molar-refractivity contribution in [2.24, 2.45) is 11.8 Å². The van der Waals surface area contributed by atoms with Crippen molar-refractivity contribution in [1.29, 1.82) is 0 Å². The third-order valence-electron chi connectivity index (χ3n) is 4.52. The van der Waals surface area contributed by atoms with Gasteiger partial charge in [-0.3, -0.25) is 0 Å². The van der Waals surface area contributed by atoms with Crippen LogP contribution in [0.1, 0.15) is 50.6 Å². The van der Waals surface area contributed by atoms with Gasteiger partial charge in [-0.1, -0.05) is 48.5 Å². The fourth-order valence-electron chi connectivity index (χ4n) is 3.54. The van der Waals surface area contributed by atoms with Gasteiger partial charge in [-0.25, -0.2) is 4.39 Å². The second kappa shape index (κ2) is 6.85. The number of benzene rings is 1. The van der Waals surface area contributed by atoms with Gasteiger partial charge >= 0.3 is 0 Å². The highest BCUT2D eigenvalue weighted by molar-refractivity contribution is 9.10. The Kier molecular flexibility index (Phi) is 5.40. The lowest BCUT2D eigenvalue weighted by Gasteiger charge is -2.37. The lowest BCUT2D eigenvalue weighted by Crippen LogP contribution is -2.33. The van der Waals surface area contributed by atoms with Gasteiger partial charge < -0.3 is 5.32 Å². The summed E-state index contributed by atoms with van der Waals surface area (Å²) in [6, 6.07) is 5.39. The zero-order valence-electron chi connectivity index (χ0n) is 11.8. The molecule has 1 nitrogen and oxygen atoms in total. The van der Waals surface area contributed by atoms with E-state index in [-0.39, 0.29) is 11.9 Å². The molecule has 1 aromatic rings. The second-order valence-corrected chi connectivity index (χ2v) is 6.46. The number of rotatable bonds is 4. The topological polar surface area (TPSA) is 12.0 Å². The summed E-state index contributed by atoms with van der Waals surface area (Å²) in [5.41, 5.74) is 0.808. The zero-order chi connectivity index (χ0) is 13.8. The molecule has 1 N–H and O–H groups in total. The van der Waals surface area contributed by atoms with Crippen LogP contribution >= 0.6 is 15.9 Å². The van der Waals surface area contributed by atoms with Crippen molar-refractivity contribution in [3.05, 3.63) is 34.1 Å². The van der Waals surface area contributed by atoms with Crippen LogP contribution < -0.4 is 5.32 Å². The van der Waals surface area contributed by atoms with E-state index in [9.17, 15) is 4.39 Å². The van der Waals surface area contributed by atoms with Crippen LogP contribution in [0.2, 0.25) is 0 Å². The molecule has 0 radical (unpaired) electrons. The summed E-state index contributed by atoms with van der Waals surface area (Å²) in [5, 5.41) is 3.36. The van der Waals surface area contributed by atoms with Crippen molar-refractivity contribution in [1.82, 2.24) is 5.32 Å². The highest BCUT2D eigenvalue weighted by Crippen LogP contribution is 2.41. The molecule has 0 spiro atoms. The van der Waals surface area contributed by atoms with Gasteiger partial charge in [-0.05, 0) is 43.5 Å². The molecule has 106 valence electrons. The lowest BCUT2D eigenvalue weighted by atomic mass is 9.72. The van der Waals surface area contributed by atoms with Crippen LogP contribution in [0.15, 0.2) is 22.7 Å². The molecule has 0 amide bonds. The van der Waals surface area contributed by atoms with E-state index in [0.29, 0.717) is 11.8 Å². The summed E-state index contributed by atoms with van der Waals surface area (Å²) in [7, 11) is 1.95. The molecule has 1 saturated carbocycles. The number of halogens is 2. The predicted molar refractivity (Wildman–Crippen MR) is 81.6 cm³/mol. The molecule has 1 aliphatic carbocycles. The van der Waals surface area contributed by atoms with Crippen molar-refractivity contribution in [2.45, 2.75) is 45.1 Å². The van der Waals surface area contributed by atoms with E-state index >= 15 is 0 Å². The molecule has 3 atom stereocenters. The van der Waals surface area contributed by atoms with Gasteiger partial charge in [-0.2, -0.15) is 0 Å². The minimum absolute atomic E-state index is 0.0945. The van der Waals surface area contributed by atoms with Crippen molar-refractivity contribution in [2.75, 3.05) is 7.05 Å². The van der Waals surface area contributed by atoms with Crippen molar-refractivity contribution in [3.8, 4) is 0 Å². The molecule has 0 bridgehead atoms. The standard InChI is InChI=1S/C16H23BrFN/c1-3-11-6-4-5-7-13(11)16(19-2)14-10-12(17)8-9-15(14)18/h8-11,13,16,19H,3-7H2,1-2H3. The molecule has 3 unspecified atom stereocenters. The Morgan fingerprint density at radius 2 is 2.11 bits per heavy atom. The van der Waals surface area contributed by atoms with Gasteiger partial charge in [0.25, 0.3) is 0 Å². The second-order valence-electron chi connectivity index (χ2n) is 5.55. The Hall–Kier alpha value is -0.410. The highest BCUT2D eigenvalue weighted by Gasteiger charge is 2.32. The van der Waals surface area contributed by atoms with Crippen molar-refractivity contribution in [3.63, 3.8) is 0 Å². The average molecular weight is 328 g/mol. The van der Waals surface area contributed by atoms with Gasteiger partial charge in [-0.15, -0.1) is 0 Å². The van der Waals surface area contributed by atoms with Gasteiger partial charge in [0.2, 0.25) is 0 Å². The molecule has 2 rings (SSSR count). The Labute approximate surface area is 124 Å². The maximum Gasteiger partial charge on any atom is 0.128 e. The van der Waals surface area contributed by atoms with Crippen LogP contribution in [0.25, 0.3) is 0 Å². The maximum atomic E-state index is 14.1. The Bertz CT molecular complexity index is 421. The molecular formula is C16H23BrFN. The lowest BCUT2D eigenvalue weighted by molar-refractivity contribution is 0.178. The van der Waals surface area contributed by atoms with Crippen LogP contribution in [0.4, 0.5) is 4.39 Å². The summed E-state index contributed by atoms with van der Waals surface area (Å²) < 4.78 is 15.1. The summed E-state index contributed by atoms with van der Waals surface area (Å²) in [4.78, 5) is 0. The molecular weight excluding hydrogens is 305 g/mol. The van der Waals surface area contributed by atoms with Crippen LogP contribution in [0.3, 0.4) is 0 Å². The van der Waals surface area contributed by atoms with E-state index in [0.717, 1.165) is 10.0 Å². The highest BCUT2D eigenvalue weighted by atomic mass is 79.9. The first-order chi connectivity index (χ1) is 9.17. The Morgan fingerprint density at radius 3 is 2.79 bits per heavy atom. The van der Waals surface area contributed by atoms with Crippen LogP contribution in [-0.2, 0) is 0 Å². The van der Waals surface area contributed by atoms with E-state index in [1.807, 2.05) is 13.1 Å². The first-order valence-electron chi connectivity index (χ1n) is 7.29. The summed E-state index contributed by atoms with van der Waals surface area (Å²) in [6.07, 6.45) is 6.28. The number of nitrogens with one attached hydrogen (secondary N) is 1. The van der Waals surface area contributed by atoms with Crippen molar-refractivity contribution >= 4 is 15.9 Å². The minimum Gasteiger partial charge on any atom is -0.313 e. The van der Waals surface area contributed by atoms with E-state index in [1.165, 1.54) is 32.1 Å². The SMILES string of the molecule is CCC1CCCCC1C(NC)c1cc(Br)ccc1F. The molecule has 19 heavy (non-hydrogen) atoms. The van der Waals surface area contributed by atoms with E-state index < -0.39 is 0 Å². The first-order valence-corrected chi connectivity index (χ1v) is 8.08. The van der Waals surface area contributed by atoms with E-state index in [2.05, 4.69) is 28.2 Å². The molecule has 0 aliphatic heterocycles. The number of hydrogen-bond donors (Lipinski definition) is 1. The van der Waals surface area contributed by atoms with Crippen LogP contribution in [0.5, 0.6) is 0 Å². The average Bonchev–Trinajstić information content (AvgIpc) is 2.44. The molecule has 0 heterocycles. The maximum absolute atomic E-state index is 14.1. The molecule has 1 fully saturated rings. The minimum atomic E-state index is -0.0945. The quantitative estimate of drug-likeness (QED) is 0.814.